The molecule has 1 amide bonds. The normalized spacial score (nSPS) is 22.8. The minimum absolute atomic E-state index is 0. The van der Waals surface area contributed by atoms with Crippen molar-refractivity contribution in [1.29, 1.82) is 0 Å². The average molecular weight is 285 g/mol. The Kier molecular flexibility index (Phi) is 6.43. The Bertz CT molecular complexity index is 359. The molecule has 1 aliphatic heterocycles. The van der Waals surface area contributed by atoms with E-state index in [4.69, 9.17) is 5.73 Å². The molecular formula is C10H21ClN2O3S. The van der Waals surface area contributed by atoms with Crippen LogP contribution in [0, 0.1) is 0 Å². The number of hydrogen-bond acceptors (Lipinski definition) is 4. The lowest BCUT2D eigenvalue weighted by Gasteiger charge is -2.36. The summed E-state index contributed by atoms with van der Waals surface area (Å²) in [7, 11) is -3.32. The summed E-state index contributed by atoms with van der Waals surface area (Å²) in [6.45, 7) is 2.47. The molecule has 0 aromatic rings. The van der Waals surface area contributed by atoms with Gasteiger partial charge in [-0.2, -0.15) is 0 Å². The second kappa shape index (κ2) is 6.56. The van der Waals surface area contributed by atoms with Crippen LogP contribution in [0.1, 0.15) is 26.2 Å². The smallest absolute Gasteiger partial charge is 0.240 e. The maximum atomic E-state index is 12.0. The van der Waals surface area contributed by atoms with Crippen LogP contribution in [0.3, 0.4) is 0 Å². The van der Waals surface area contributed by atoms with E-state index < -0.39 is 15.1 Å². The number of nitrogens with zero attached hydrogens (tertiary/aromatic N) is 1. The van der Waals surface area contributed by atoms with Crippen molar-refractivity contribution in [2.45, 2.75) is 37.5 Å². The summed E-state index contributed by atoms with van der Waals surface area (Å²) in [6, 6.07) is 0.00505. The number of carbonyl (C=O) groups excluding carboxylic acids is 1. The molecule has 102 valence electrons. The van der Waals surface area contributed by atoms with Crippen LogP contribution < -0.4 is 5.73 Å². The van der Waals surface area contributed by atoms with Crippen molar-refractivity contribution in [2.75, 3.05) is 19.3 Å². The predicted molar refractivity (Wildman–Crippen MR) is 70.0 cm³/mol. The van der Waals surface area contributed by atoms with Crippen molar-refractivity contribution >= 4 is 28.2 Å². The van der Waals surface area contributed by atoms with Gasteiger partial charge in [0.15, 0.2) is 9.84 Å². The summed E-state index contributed by atoms with van der Waals surface area (Å²) in [5.74, 6) is -0.308. The lowest BCUT2D eigenvalue weighted by atomic mass is 10.0. The molecule has 0 saturated carbocycles. The van der Waals surface area contributed by atoms with Crippen LogP contribution in [0.15, 0.2) is 0 Å². The van der Waals surface area contributed by atoms with Crippen molar-refractivity contribution in [3.63, 3.8) is 0 Å². The van der Waals surface area contributed by atoms with Gasteiger partial charge in [-0.25, -0.2) is 8.42 Å². The predicted octanol–water partition coefficient (Wildman–Crippen LogP) is 0.181. The van der Waals surface area contributed by atoms with Gasteiger partial charge in [0.2, 0.25) is 5.91 Å². The Hall–Kier alpha value is -0.330. The molecule has 1 saturated heterocycles. The number of likely N-dealkylation sites (tertiary alicyclic amines) is 1. The van der Waals surface area contributed by atoms with Gasteiger partial charge in [0.1, 0.15) is 5.25 Å². The van der Waals surface area contributed by atoms with E-state index in [0.29, 0.717) is 13.1 Å². The van der Waals surface area contributed by atoms with Crippen LogP contribution in [0.5, 0.6) is 0 Å². The number of rotatable bonds is 3. The number of piperidine rings is 1. The maximum Gasteiger partial charge on any atom is 0.240 e. The summed E-state index contributed by atoms with van der Waals surface area (Å²) in [4.78, 5) is 13.6. The van der Waals surface area contributed by atoms with Crippen molar-refractivity contribution in [3.05, 3.63) is 0 Å². The van der Waals surface area contributed by atoms with Crippen LogP contribution in [0.4, 0.5) is 0 Å². The third-order valence-corrected chi connectivity index (χ3v) is 4.66. The summed E-state index contributed by atoms with van der Waals surface area (Å²) in [5, 5.41) is -0.959. The van der Waals surface area contributed by atoms with Crippen molar-refractivity contribution in [2.24, 2.45) is 5.73 Å². The second-order valence-corrected chi connectivity index (χ2v) is 6.75. The number of halogens is 1. The molecule has 0 radical (unpaired) electrons. The van der Waals surface area contributed by atoms with Gasteiger partial charge in [-0.05, 0) is 26.2 Å². The Morgan fingerprint density at radius 3 is 2.53 bits per heavy atom. The molecule has 2 unspecified atom stereocenters. The first kappa shape index (κ1) is 16.7. The Balaban J connectivity index is 0.00000256. The zero-order valence-electron chi connectivity index (χ0n) is 10.3. The number of amides is 1. The third-order valence-electron chi connectivity index (χ3n) is 3.17. The van der Waals surface area contributed by atoms with Gasteiger partial charge in [-0.1, -0.05) is 0 Å². The summed E-state index contributed by atoms with van der Waals surface area (Å²) < 4.78 is 22.7. The maximum absolute atomic E-state index is 12.0. The molecule has 17 heavy (non-hydrogen) atoms. The highest BCUT2D eigenvalue weighted by atomic mass is 35.5. The van der Waals surface area contributed by atoms with E-state index in [1.807, 2.05) is 0 Å². The molecule has 1 fully saturated rings. The summed E-state index contributed by atoms with van der Waals surface area (Å²) in [5.41, 5.74) is 5.60. The largest absolute Gasteiger partial charge is 0.337 e. The first-order chi connectivity index (χ1) is 7.38. The van der Waals surface area contributed by atoms with E-state index in [2.05, 4.69) is 0 Å². The van der Waals surface area contributed by atoms with E-state index in [1.165, 1.54) is 6.92 Å². The molecule has 0 spiro atoms. The van der Waals surface area contributed by atoms with E-state index >= 15 is 0 Å². The van der Waals surface area contributed by atoms with Crippen molar-refractivity contribution in [3.8, 4) is 0 Å². The van der Waals surface area contributed by atoms with Gasteiger partial charge in [-0.3, -0.25) is 4.79 Å². The summed E-state index contributed by atoms with van der Waals surface area (Å²) >= 11 is 0. The van der Waals surface area contributed by atoms with E-state index in [1.54, 1.807) is 4.90 Å². The molecule has 7 heteroatoms. The van der Waals surface area contributed by atoms with E-state index in [-0.39, 0.29) is 24.4 Å². The van der Waals surface area contributed by atoms with Gasteiger partial charge in [0.25, 0.3) is 0 Å². The SMILES string of the molecule is CC(C(=O)N1CCCCC1CN)S(C)(=O)=O.Cl. The monoisotopic (exact) mass is 284 g/mol. The highest BCUT2D eigenvalue weighted by molar-refractivity contribution is 7.92. The van der Waals surface area contributed by atoms with Crippen LogP contribution >= 0.6 is 12.4 Å². The molecule has 0 bridgehead atoms. The van der Waals surface area contributed by atoms with Gasteiger partial charge in [0.05, 0.1) is 0 Å². The third kappa shape index (κ3) is 4.12. The lowest BCUT2D eigenvalue weighted by Crippen LogP contribution is -2.51. The molecule has 2 N–H and O–H groups in total. The van der Waals surface area contributed by atoms with Crippen molar-refractivity contribution in [1.82, 2.24) is 4.90 Å². The Labute approximate surface area is 109 Å². The Morgan fingerprint density at radius 2 is 2.06 bits per heavy atom. The Morgan fingerprint density at radius 1 is 1.47 bits per heavy atom. The number of nitrogens with two attached hydrogens (primary N) is 1. The number of hydrogen-bond donors (Lipinski definition) is 1. The lowest BCUT2D eigenvalue weighted by molar-refractivity contribution is -0.133. The minimum Gasteiger partial charge on any atom is -0.337 e. The van der Waals surface area contributed by atoms with Crippen molar-refractivity contribution < 1.29 is 13.2 Å². The standard InChI is InChI=1S/C10H20N2O3S.ClH/c1-8(16(2,14)15)10(13)12-6-4-3-5-9(12)7-11;/h8-9H,3-7,11H2,1-2H3;1H. The molecule has 1 aliphatic rings. The van der Waals surface area contributed by atoms with Crippen LogP contribution in [0.2, 0.25) is 0 Å². The number of carbonyl (C=O) groups is 1. The highest BCUT2D eigenvalue weighted by Gasteiger charge is 2.33. The zero-order chi connectivity index (χ0) is 12.3. The topological polar surface area (TPSA) is 80.5 Å². The second-order valence-electron chi connectivity index (χ2n) is 4.39. The number of sulfone groups is 1. The summed E-state index contributed by atoms with van der Waals surface area (Å²) in [6.07, 6.45) is 3.95. The van der Waals surface area contributed by atoms with E-state index in [0.717, 1.165) is 25.5 Å². The quantitative estimate of drug-likeness (QED) is 0.802. The average Bonchev–Trinajstić information content (AvgIpc) is 2.25. The molecule has 1 heterocycles. The fourth-order valence-electron chi connectivity index (χ4n) is 1.95. The fourth-order valence-corrected chi connectivity index (χ4v) is 2.45. The van der Waals surface area contributed by atoms with Crippen LogP contribution in [0.25, 0.3) is 0 Å². The molecule has 1 rings (SSSR count). The molecule has 0 aromatic heterocycles. The van der Waals surface area contributed by atoms with Gasteiger partial charge >= 0.3 is 0 Å². The van der Waals surface area contributed by atoms with Gasteiger partial charge in [-0.15, -0.1) is 12.4 Å². The van der Waals surface area contributed by atoms with E-state index in [9.17, 15) is 13.2 Å². The van der Waals surface area contributed by atoms with Gasteiger partial charge in [0, 0.05) is 25.4 Å². The minimum atomic E-state index is -3.32. The fraction of sp³-hybridized carbons (Fsp3) is 0.900. The molecule has 0 aliphatic carbocycles. The molecule has 2 atom stereocenters. The first-order valence-electron chi connectivity index (χ1n) is 5.57. The molecule has 5 nitrogen and oxygen atoms in total. The van der Waals surface area contributed by atoms with Gasteiger partial charge < -0.3 is 10.6 Å². The highest BCUT2D eigenvalue weighted by Crippen LogP contribution is 2.18. The molecule has 0 aromatic carbocycles. The van der Waals surface area contributed by atoms with Crippen LogP contribution in [-0.4, -0.2) is 49.9 Å². The molecular weight excluding hydrogens is 264 g/mol. The zero-order valence-corrected chi connectivity index (χ0v) is 11.9. The van der Waals surface area contributed by atoms with Crippen LogP contribution in [-0.2, 0) is 14.6 Å². The first-order valence-corrected chi connectivity index (χ1v) is 7.52.